The molecule has 1 N–H and O–H groups in total. The van der Waals surface area contributed by atoms with E-state index in [0.29, 0.717) is 6.54 Å². The van der Waals surface area contributed by atoms with E-state index in [0.717, 1.165) is 5.69 Å². The van der Waals surface area contributed by atoms with Crippen molar-refractivity contribution in [2.45, 2.75) is 13.0 Å². The smallest absolute Gasteiger partial charge is 0.148 e. The Bertz CT molecular complexity index is 391. The molecule has 0 aliphatic heterocycles. The van der Waals surface area contributed by atoms with Gasteiger partial charge in [-0.15, -0.1) is 0 Å². The maximum absolute atomic E-state index is 10.9. The second kappa shape index (κ2) is 5.18. The molecule has 0 amide bonds. The Labute approximate surface area is 89.9 Å². The predicted molar refractivity (Wildman–Crippen MR) is 58.2 cm³/mol. The molecule has 0 fully saturated rings. The van der Waals surface area contributed by atoms with E-state index in [4.69, 9.17) is 0 Å². The van der Waals surface area contributed by atoms with Gasteiger partial charge in [0.15, 0.2) is 0 Å². The van der Waals surface area contributed by atoms with Gasteiger partial charge in [0.1, 0.15) is 9.84 Å². The number of nitrogens with zero attached hydrogens (tertiary/aromatic N) is 2. The molecular weight excluding hydrogens is 214 g/mol. The molecule has 0 radical (unpaired) electrons. The number of hydrogen-bond donors (Lipinski definition) is 1. The lowest BCUT2D eigenvalue weighted by Crippen LogP contribution is -2.25. The van der Waals surface area contributed by atoms with Crippen molar-refractivity contribution >= 4 is 9.84 Å². The summed E-state index contributed by atoms with van der Waals surface area (Å²) in [6.07, 6.45) is 6.11. The molecule has 6 heteroatoms. The minimum absolute atomic E-state index is 0.0143. The zero-order valence-corrected chi connectivity index (χ0v) is 9.66. The first kappa shape index (κ1) is 12.1. The van der Waals surface area contributed by atoms with Crippen molar-refractivity contribution in [3.05, 3.63) is 24.3 Å². The third kappa shape index (κ3) is 4.85. The summed E-state index contributed by atoms with van der Waals surface area (Å²) in [7, 11) is -2.90. The monoisotopic (exact) mass is 229 g/mol. The van der Waals surface area contributed by atoms with Crippen molar-refractivity contribution in [1.29, 1.82) is 0 Å². The molecule has 1 atom stereocenters. The van der Waals surface area contributed by atoms with Crippen LogP contribution in [-0.4, -0.2) is 36.9 Å². The Morgan fingerprint density at radius 3 is 2.73 bits per heavy atom. The maximum Gasteiger partial charge on any atom is 0.148 e. The van der Waals surface area contributed by atoms with Gasteiger partial charge in [-0.2, -0.15) is 0 Å². The van der Waals surface area contributed by atoms with Crippen molar-refractivity contribution in [3.8, 4) is 0 Å². The second-order valence-corrected chi connectivity index (χ2v) is 5.70. The summed E-state index contributed by atoms with van der Waals surface area (Å²) in [5.41, 5.74) is 0.811. The molecule has 5 nitrogen and oxygen atoms in total. The minimum Gasteiger partial charge on any atom is -0.308 e. The molecule has 84 valence electrons. The summed E-state index contributed by atoms with van der Waals surface area (Å²) in [5, 5.41) is 3.07. The number of hydrogen-bond acceptors (Lipinski definition) is 5. The van der Waals surface area contributed by atoms with Gasteiger partial charge in [0.25, 0.3) is 0 Å². The second-order valence-electron chi connectivity index (χ2n) is 3.44. The molecule has 0 aromatic carbocycles. The van der Waals surface area contributed by atoms with Crippen LogP contribution in [0.25, 0.3) is 0 Å². The van der Waals surface area contributed by atoms with E-state index >= 15 is 0 Å². The topological polar surface area (TPSA) is 72.0 Å². The SMILES string of the molecule is CC(NCCS(C)(=O)=O)c1cnccn1. The number of nitrogens with one attached hydrogen (secondary N) is 1. The molecule has 15 heavy (non-hydrogen) atoms. The molecule has 0 aliphatic rings. The highest BCUT2D eigenvalue weighted by atomic mass is 32.2. The normalized spacial score (nSPS) is 13.7. The molecule has 1 heterocycles. The van der Waals surface area contributed by atoms with E-state index in [-0.39, 0.29) is 11.8 Å². The number of rotatable bonds is 5. The van der Waals surface area contributed by atoms with Crippen molar-refractivity contribution in [2.75, 3.05) is 18.6 Å². The predicted octanol–water partition coefficient (Wildman–Crippen LogP) is 0.172. The van der Waals surface area contributed by atoms with Crippen LogP contribution in [0.3, 0.4) is 0 Å². The van der Waals surface area contributed by atoms with Crippen molar-refractivity contribution in [2.24, 2.45) is 0 Å². The Balaban J connectivity index is 2.41. The Morgan fingerprint density at radius 1 is 1.47 bits per heavy atom. The van der Waals surface area contributed by atoms with Crippen LogP contribution >= 0.6 is 0 Å². The highest BCUT2D eigenvalue weighted by molar-refractivity contribution is 7.90. The lowest BCUT2D eigenvalue weighted by Gasteiger charge is -2.11. The lowest BCUT2D eigenvalue weighted by atomic mass is 10.2. The Kier molecular flexibility index (Phi) is 4.16. The van der Waals surface area contributed by atoms with Crippen molar-refractivity contribution in [3.63, 3.8) is 0 Å². The van der Waals surface area contributed by atoms with Gasteiger partial charge in [-0.3, -0.25) is 9.97 Å². The lowest BCUT2D eigenvalue weighted by molar-refractivity contribution is 0.566. The van der Waals surface area contributed by atoms with E-state index in [1.165, 1.54) is 6.26 Å². The van der Waals surface area contributed by atoms with Crippen molar-refractivity contribution < 1.29 is 8.42 Å². The van der Waals surface area contributed by atoms with Crippen LogP contribution in [0.5, 0.6) is 0 Å². The van der Waals surface area contributed by atoms with Gasteiger partial charge in [0.05, 0.1) is 11.4 Å². The Hall–Kier alpha value is -1.01. The van der Waals surface area contributed by atoms with E-state index < -0.39 is 9.84 Å². The summed E-state index contributed by atoms with van der Waals surface area (Å²) in [6, 6.07) is 0.0143. The molecule has 0 spiro atoms. The average Bonchev–Trinajstić information content (AvgIpc) is 2.17. The van der Waals surface area contributed by atoms with Crippen LogP contribution in [0.2, 0.25) is 0 Å². The third-order valence-corrected chi connectivity index (χ3v) is 2.90. The first-order valence-corrected chi connectivity index (χ1v) is 6.72. The van der Waals surface area contributed by atoms with E-state index in [1.807, 2.05) is 6.92 Å². The van der Waals surface area contributed by atoms with E-state index in [1.54, 1.807) is 18.6 Å². The summed E-state index contributed by atoms with van der Waals surface area (Å²) in [4.78, 5) is 8.06. The van der Waals surface area contributed by atoms with Gasteiger partial charge < -0.3 is 5.32 Å². The molecule has 0 bridgehead atoms. The molecular formula is C9H15N3O2S. The zero-order chi connectivity index (χ0) is 11.3. The van der Waals surface area contributed by atoms with Crippen LogP contribution in [0, 0.1) is 0 Å². The van der Waals surface area contributed by atoms with Crippen LogP contribution < -0.4 is 5.32 Å². The molecule has 0 aliphatic carbocycles. The van der Waals surface area contributed by atoms with Crippen LogP contribution in [-0.2, 0) is 9.84 Å². The molecule has 0 saturated carbocycles. The van der Waals surface area contributed by atoms with Gasteiger partial charge in [-0.25, -0.2) is 8.42 Å². The summed E-state index contributed by atoms with van der Waals surface area (Å²) < 4.78 is 21.8. The first-order chi connectivity index (χ1) is 6.99. The summed E-state index contributed by atoms with van der Waals surface area (Å²) >= 11 is 0. The Morgan fingerprint density at radius 2 is 2.20 bits per heavy atom. The molecule has 1 unspecified atom stereocenters. The fraction of sp³-hybridized carbons (Fsp3) is 0.556. The quantitative estimate of drug-likeness (QED) is 0.779. The third-order valence-electron chi connectivity index (χ3n) is 1.95. The number of aromatic nitrogens is 2. The van der Waals surface area contributed by atoms with E-state index in [9.17, 15) is 8.42 Å². The van der Waals surface area contributed by atoms with Crippen LogP contribution in [0.4, 0.5) is 0 Å². The molecule has 0 saturated heterocycles. The van der Waals surface area contributed by atoms with Gasteiger partial charge in [0.2, 0.25) is 0 Å². The largest absolute Gasteiger partial charge is 0.308 e. The van der Waals surface area contributed by atoms with Crippen LogP contribution in [0.15, 0.2) is 18.6 Å². The molecule has 1 aromatic heterocycles. The molecule has 1 rings (SSSR count). The average molecular weight is 229 g/mol. The zero-order valence-electron chi connectivity index (χ0n) is 8.84. The van der Waals surface area contributed by atoms with Gasteiger partial charge in [-0.05, 0) is 6.92 Å². The summed E-state index contributed by atoms with van der Waals surface area (Å²) in [6.45, 7) is 2.35. The highest BCUT2D eigenvalue weighted by Crippen LogP contribution is 2.05. The number of sulfone groups is 1. The minimum atomic E-state index is -2.90. The standard InChI is InChI=1S/C9H15N3O2S/c1-8(9-7-10-3-4-12-9)11-5-6-15(2,13)14/h3-4,7-8,11H,5-6H2,1-2H3. The highest BCUT2D eigenvalue weighted by Gasteiger charge is 2.07. The molecule has 1 aromatic rings. The first-order valence-electron chi connectivity index (χ1n) is 4.66. The van der Waals surface area contributed by atoms with Crippen molar-refractivity contribution in [1.82, 2.24) is 15.3 Å². The van der Waals surface area contributed by atoms with Gasteiger partial charge in [-0.1, -0.05) is 0 Å². The van der Waals surface area contributed by atoms with Gasteiger partial charge >= 0.3 is 0 Å². The van der Waals surface area contributed by atoms with Gasteiger partial charge in [0, 0.05) is 37.4 Å². The maximum atomic E-state index is 10.9. The fourth-order valence-corrected chi connectivity index (χ4v) is 1.59. The summed E-state index contributed by atoms with van der Waals surface area (Å²) in [5.74, 6) is 0.137. The van der Waals surface area contributed by atoms with E-state index in [2.05, 4.69) is 15.3 Å². The van der Waals surface area contributed by atoms with Crippen LogP contribution in [0.1, 0.15) is 18.7 Å². The fourth-order valence-electron chi connectivity index (χ4n) is 1.10.